The van der Waals surface area contributed by atoms with Crippen LogP contribution in [-0.4, -0.2) is 33.7 Å². The Kier molecular flexibility index (Phi) is 5.67. The van der Waals surface area contributed by atoms with Crippen molar-refractivity contribution in [3.8, 4) is 0 Å². The molecule has 0 saturated carbocycles. The summed E-state index contributed by atoms with van der Waals surface area (Å²) in [6.45, 7) is 10.2. The van der Waals surface area contributed by atoms with Crippen molar-refractivity contribution in [1.29, 1.82) is 0 Å². The minimum absolute atomic E-state index is 0.0105. The first-order valence-corrected chi connectivity index (χ1v) is 6.28. The Bertz CT molecular complexity index is 209. The molecule has 90 valence electrons. The number of hydrogen-bond acceptors (Lipinski definition) is 3. The van der Waals surface area contributed by atoms with E-state index in [-0.39, 0.29) is 10.7 Å². The lowest BCUT2D eigenvalue weighted by Gasteiger charge is -2.22. The molecule has 3 nitrogen and oxygen atoms in total. The highest BCUT2D eigenvalue weighted by molar-refractivity contribution is 8.01. The Hall–Kier alpha value is -0.220. The normalized spacial score (nSPS) is 15.9. The smallest absolute Gasteiger partial charge is 0.230 e. The summed E-state index contributed by atoms with van der Waals surface area (Å²) < 4.78 is 0.102. The van der Waals surface area contributed by atoms with Crippen LogP contribution in [0.4, 0.5) is 0 Å². The van der Waals surface area contributed by atoms with Gasteiger partial charge in [0, 0.05) is 11.3 Å². The second kappa shape index (κ2) is 5.75. The monoisotopic (exact) mass is 233 g/mol. The topological polar surface area (TPSA) is 49.3 Å². The van der Waals surface area contributed by atoms with Crippen molar-refractivity contribution in [2.24, 2.45) is 0 Å². The zero-order valence-electron chi connectivity index (χ0n) is 10.4. The molecular formula is C11H23NO2S. The lowest BCUT2D eigenvalue weighted by molar-refractivity contribution is -0.119. The van der Waals surface area contributed by atoms with Gasteiger partial charge in [0.1, 0.15) is 0 Å². The molecule has 0 heterocycles. The third-order valence-electron chi connectivity index (χ3n) is 2.06. The fraction of sp³-hybridized carbons (Fsp3) is 0.909. The van der Waals surface area contributed by atoms with Crippen LogP contribution in [0.1, 0.15) is 41.0 Å². The molecule has 0 aromatic rings. The quantitative estimate of drug-likeness (QED) is 0.761. The maximum absolute atomic E-state index is 11.4. The van der Waals surface area contributed by atoms with Crippen LogP contribution in [0.15, 0.2) is 0 Å². The van der Waals surface area contributed by atoms with Crippen molar-refractivity contribution in [1.82, 2.24) is 5.32 Å². The fourth-order valence-electron chi connectivity index (χ4n) is 0.747. The average molecular weight is 233 g/mol. The molecule has 0 aromatic heterocycles. The van der Waals surface area contributed by atoms with Crippen molar-refractivity contribution in [3.05, 3.63) is 0 Å². The molecule has 0 aliphatic carbocycles. The summed E-state index contributed by atoms with van der Waals surface area (Å²) in [5, 5.41) is 12.4. The number of aliphatic hydroxyl groups is 1. The van der Waals surface area contributed by atoms with Gasteiger partial charge in [0.25, 0.3) is 0 Å². The van der Waals surface area contributed by atoms with E-state index in [1.807, 2.05) is 6.92 Å². The average Bonchev–Trinajstić information content (AvgIpc) is 2.10. The molecule has 1 atom stereocenters. The van der Waals surface area contributed by atoms with E-state index in [0.717, 1.165) is 0 Å². The van der Waals surface area contributed by atoms with E-state index >= 15 is 0 Å². The first-order valence-electron chi connectivity index (χ1n) is 5.29. The first-order chi connectivity index (χ1) is 6.66. The third-order valence-corrected chi connectivity index (χ3v) is 3.34. The predicted octanol–water partition coefficient (Wildman–Crippen LogP) is 1.80. The Balaban J connectivity index is 3.77. The maximum Gasteiger partial charge on any atom is 0.230 e. The first kappa shape index (κ1) is 14.8. The molecule has 0 radical (unpaired) electrons. The minimum Gasteiger partial charge on any atom is -0.388 e. The number of rotatable bonds is 5. The van der Waals surface area contributed by atoms with E-state index in [9.17, 15) is 9.90 Å². The van der Waals surface area contributed by atoms with Crippen molar-refractivity contribution in [3.63, 3.8) is 0 Å². The van der Waals surface area contributed by atoms with Gasteiger partial charge in [-0.1, -0.05) is 27.7 Å². The van der Waals surface area contributed by atoms with Gasteiger partial charge in [-0.05, 0) is 13.3 Å². The van der Waals surface area contributed by atoms with Crippen molar-refractivity contribution < 1.29 is 9.90 Å². The molecule has 1 unspecified atom stereocenters. The van der Waals surface area contributed by atoms with Gasteiger partial charge in [-0.3, -0.25) is 4.79 Å². The number of carbonyl (C=O) groups excluding carboxylic acids is 1. The van der Waals surface area contributed by atoms with Gasteiger partial charge in [-0.2, -0.15) is 0 Å². The highest BCUT2D eigenvalue weighted by Crippen LogP contribution is 2.22. The SMILES string of the molecule is CCC(C)(O)CNC(=O)CSC(C)(C)C. The van der Waals surface area contributed by atoms with Crippen LogP contribution in [0.25, 0.3) is 0 Å². The molecule has 0 spiro atoms. The van der Waals surface area contributed by atoms with Gasteiger partial charge in [-0.15, -0.1) is 11.8 Å². The molecule has 0 rings (SSSR count). The van der Waals surface area contributed by atoms with Gasteiger partial charge in [0.05, 0.1) is 11.4 Å². The number of thioether (sulfide) groups is 1. The molecular weight excluding hydrogens is 210 g/mol. The maximum atomic E-state index is 11.4. The molecule has 0 fully saturated rings. The predicted molar refractivity (Wildman–Crippen MR) is 66.1 cm³/mol. The number of nitrogens with one attached hydrogen (secondary N) is 1. The lowest BCUT2D eigenvalue weighted by Crippen LogP contribution is -2.41. The molecule has 4 heteroatoms. The summed E-state index contributed by atoms with van der Waals surface area (Å²) in [7, 11) is 0. The molecule has 0 bridgehead atoms. The number of hydrogen-bond donors (Lipinski definition) is 2. The fourth-order valence-corrected chi connectivity index (χ4v) is 1.41. The molecule has 0 aliphatic heterocycles. The largest absolute Gasteiger partial charge is 0.388 e. The van der Waals surface area contributed by atoms with Crippen LogP contribution in [0.5, 0.6) is 0 Å². The molecule has 2 N–H and O–H groups in total. The standard InChI is InChI=1S/C11H23NO2S/c1-6-11(5,14)8-12-9(13)7-15-10(2,3)4/h14H,6-8H2,1-5H3,(H,12,13). The third kappa shape index (κ3) is 8.75. The Labute approximate surface area is 97.0 Å². The zero-order chi connectivity index (χ0) is 12.1. The number of carbonyl (C=O) groups is 1. The Morgan fingerprint density at radius 2 is 1.87 bits per heavy atom. The molecule has 1 amide bonds. The van der Waals surface area contributed by atoms with Crippen molar-refractivity contribution in [2.75, 3.05) is 12.3 Å². The van der Waals surface area contributed by atoms with Crippen molar-refractivity contribution in [2.45, 2.75) is 51.4 Å². The van der Waals surface area contributed by atoms with Crippen LogP contribution in [0.3, 0.4) is 0 Å². The number of amides is 1. The van der Waals surface area contributed by atoms with Gasteiger partial charge in [0.15, 0.2) is 0 Å². The summed E-state index contributed by atoms with van der Waals surface area (Å²) >= 11 is 1.61. The molecule has 0 aliphatic rings. The second-order valence-electron chi connectivity index (χ2n) is 5.03. The highest BCUT2D eigenvalue weighted by atomic mass is 32.2. The van der Waals surface area contributed by atoms with Crippen LogP contribution in [0.2, 0.25) is 0 Å². The van der Waals surface area contributed by atoms with Crippen LogP contribution < -0.4 is 5.32 Å². The van der Waals surface area contributed by atoms with E-state index in [4.69, 9.17) is 0 Å². The van der Waals surface area contributed by atoms with E-state index < -0.39 is 5.60 Å². The van der Waals surface area contributed by atoms with Crippen LogP contribution in [0, 0.1) is 0 Å². The van der Waals surface area contributed by atoms with Crippen molar-refractivity contribution >= 4 is 17.7 Å². The van der Waals surface area contributed by atoms with Crippen LogP contribution in [-0.2, 0) is 4.79 Å². The van der Waals surface area contributed by atoms with E-state index in [1.54, 1.807) is 18.7 Å². The van der Waals surface area contributed by atoms with E-state index in [2.05, 4.69) is 26.1 Å². The Morgan fingerprint density at radius 1 is 1.33 bits per heavy atom. The van der Waals surface area contributed by atoms with Gasteiger partial charge >= 0.3 is 0 Å². The summed E-state index contributed by atoms with van der Waals surface area (Å²) in [4.78, 5) is 11.4. The summed E-state index contributed by atoms with van der Waals surface area (Å²) in [5.41, 5.74) is -0.790. The minimum atomic E-state index is -0.790. The molecule has 0 saturated heterocycles. The Morgan fingerprint density at radius 3 is 2.27 bits per heavy atom. The summed E-state index contributed by atoms with van der Waals surface area (Å²) in [5.74, 6) is 0.437. The summed E-state index contributed by atoms with van der Waals surface area (Å²) in [6.07, 6.45) is 0.639. The van der Waals surface area contributed by atoms with E-state index in [1.165, 1.54) is 0 Å². The van der Waals surface area contributed by atoms with E-state index in [0.29, 0.717) is 18.7 Å². The highest BCUT2D eigenvalue weighted by Gasteiger charge is 2.19. The molecule has 15 heavy (non-hydrogen) atoms. The van der Waals surface area contributed by atoms with Gasteiger partial charge < -0.3 is 10.4 Å². The zero-order valence-corrected chi connectivity index (χ0v) is 11.2. The van der Waals surface area contributed by atoms with Gasteiger partial charge in [0.2, 0.25) is 5.91 Å². The lowest BCUT2D eigenvalue weighted by atomic mass is 10.0. The van der Waals surface area contributed by atoms with Gasteiger partial charge in [-0.25, -0.2) is 0 Å². The molecule has 0 aromatic carbocycles. The van der Waals surface area contributed by atoms with Crippen LogP contribution >= 0.6 is 11.8 Å². The second-order valence-corrected chi connectivity index (χ2v) is 6.83. The summed E-state index contributed by atoms with van der Waals surface area (Å²) in [6, 6.07) is 0.